The number of para-hydroxylation sites is 1. The molecule has 2 N–H and O–H groups in total. The molecular weight excluding hydrogens is 283 g/mol. The highest BCUT2D eigenvalue weighted by molar-refractivity contribution is 8.06. The molecule has 1 aliphatic heterocycles. The molecular formula is C13H17FN2OS2. The molecule has 0 radical (unpaired) electrons. The van der Waals surface area contributed by atoms with Crippen molar-refractivity contribution in [1.82, 2.24) is 5.32 Å². The van der Waals surface area contributed by atoms with E-state index in [1.807, 2.05) is 23.5 Å². The van der Waals surface area contributed by atoms with Crippen LogP contribution in [0.25, 0.3) is 0 Å². The van der Waals surface area contributed by atoms with Gasteiger partial charge in [-0.05, 0) is 12.1 Å². The van der Waals surface area contributed by atoms with Crippen molar-refractivity contribution in [2.24, 2.45) is 0 Å². The first-order valence-corrected chi connectivity index (χ1v) is 8.40. The fraction of sp³-hybridized carbons (Fsp3) is 0.462. The lowest BCUT2D eigenvalue weighted by Crippen LogP contribution is -2.34. The summed E-state index contributed by atoms with van der Waals surface area (Å²) in [5, 5.41) is 6.25. The van der Waals surface area contributed by atoms with Gasteiger partial charge in [0.05, 0.1) is 12.2 Å². The fourth-order valence-corrected chi connectivity index (χ4v) is 4.40. The Morgan fingerprint density at radius 1 is 1.37 bits per heavy atom. The highest BCUT2D eigenvalue weighted by atomic mass is 32.2. The molecule has 104 valence electrons. The van der Waals surface area contributed by atoms with E-state index in [1.165, 1.54) is 17.6 Å². The Morgan fingerprint density at radius 3 is 2.95 bits per heavy atom. The van der Waals surface area contributed by atoms with E-state index in [1.54, 1.807) is 18.2 Å². The van der Waals surface area contributed by atoms with Gasteiger partial charge >= 0.3 is 0 Å². The van der Waals surface area contributed by atoms with E-state index in [2.05, 4.69) is 10.6 Å². The molecule has 1 heterocycles. The van der Waals surface area contributed by atoms with Gasteiger partial charge in [-0.2, -0.15) is 23.5 Å². The van der Waals surface area contributed by atoms with Gasteiger partial charge in [0.2, 0.25) is 5.91 Å². The average Bonchev–Trinajstić information content (AvgIpc) is 2.43. The van der Waals surface area contributed by atoms with Crippen LogP contribution in [0.2, 0.25) is 0 Å². The predicted octanol–water partition coefficient (Wildman–Crippen LogP) is 2.20. The standard InChI is InChI=1S/C13H17FN2OS2/c14-11-3-1-2-4-12(11)16-13(17)8-15-7-10-9-18-5-6-19-10/h1-4,10,15H,5-9H2,(H,16,17). The first kappa shape index (κ1) is 14.7. The van der Waals surface area contributed by atoms with Crippen LogP contribution >= 0.6 is 23.5 Å². The van der Waals surface area contributed by atoms with Crippen LogP contribution < -0.4 is 10.6 Å². The van der Waals surface area contributed by atoms with Crippen molar-refractivity contribution in [3.05, 3.63) is 30.1 Å². The quantitative estimate of drug-likeness (QED) is 0.875. The maximum atomic E-state index is 13.3. The number of thioether (sulfide) groups is 2. The molecule has 1 aromatic carbocycles. The second-order valence-electron chi connectivity index (χ2n) is 4.23. The van der Waals surface area contributed by atoms with Gasteiger partial charge in [0.25, 0.3) is 0 Å². The molecule has 1 aromatic rings. The van der Waals surface area contributed by atoms with Gasteiger partial charge < -0.3 is 10.6 Å². The van der Waals surface area contributed by atoms with E-state index in [0.717, 1.165) is 12.3 Å². The van der Waals surface area contributed by atoms with Gasteiger partial charge in [0.15, 0.2) is 0 Å². The number of amides is 1. The number of carbonyl (C=O) groups is 1. The molecule has 1 fully saturated rings. The Labute approximate surface area is 121 Å². The molecule has 0 bridgehead atoms. The number of rotatable bonds is 5. The lowest BCUT2D eigenvalue weighted by Gasteiger charge is -2.21. The number of nitrogens with one attached hydrogen (secondary N) is 2. The van der Waals surface area contributed by atoms with Crippen LogP contribution in [-0.4, -0.2) is 41.5 Å². The lowest BCUT2D eigenvalue weighted by atomic mass is 10.3. The van der Waals surface area contributed by atoms with Gasteiger partial charge in [-0.15, -0.1) is 0 Å². The minimum Gasteiger partial charge on any atom is -0.322 e. The Morgan fingerprint density at radius 2 is 2.21 bits per heavy atom. The van der Waals surface area contributed by atoms with Crippen LogP contribution in [0.5, 0.6) is 0 Å². The molecule has 3 nitrogen and oxygen atoms in total. The molecule has 19 heavy (non-hydrogen) atoms. The minimum atomic E-state index is -0.407. The third kappa shape index (κ3) is 5.04. The van der Waals surface area contributed by atoms with E-state index in [4.69, 9.17) is 0 Å². The summed E-state index contributed by atoms with van der Waals surface area (Å²) in [4.78, 5) is 11.7. The normalized spacial score (nSPS) is 19.1. The van der Waals surface area contributed by atoms with E-state index in [9.17, 15) is 9.18 Å². The second kappa shape index (κ2) is 7.77. The first-order valence-electron chi connectivity index (χ1n) is 6.20. The molecule has 0 aromatic heterocycles. The molecule has 1 unspecified atom stereocenters. The molecule has 2 rings (SSSR count). The number of benzene rings is 1. The van der Waals surface area contributed by atoms with E-state index >= 15 is 0 Å². The number of hydrogen-bond donors (Lipinski definition) is 2. The fourth-order valence-electron chi connectivity index (χ4n) is 1.76. The molecule has 0 saturated carbocycles. The van der Waals surface area contributed by atoms with E-state index in [-0.39, 0.29) is 18.1 Å². The van der Waals surface area contributed by atoms with Crippen LogP contribution in [-0.2, 0) is 4.79 Å². The van der Waals surface area contributed by atoms with E-state index in [0.29, 0.717) is 5.25 Å². The zero-order chi connectivity index (χ0) is 13.5. The predicted molar refractivity (Wildman–Crippen MR) is 81.5 cm³/mol. The Bertz CT molecular complexity index is 425. The van der Waals surface area contributed by atoms with Gasteiger partial charge in [-0.25, -0.2) is 4.39 Å². The summed E-state index contributed by atoms with van der Waals surface area (Å²) < 4.78 is 13.3. The zero-order valence-electron chi connectivity index (χ0n) is 10.5. The van der Waals surface area contributed by atoms with E-state index < -0.39 is 5.82 Å². The summed E-state index contributed by atoms with van der Waals surface area (Å²) in [7, 11) is 0. The summed E-state index contributed by atoms with van der Waals surface area (Å²) in [5.41, 5.74) is 0.233. The van der Waals surface area contributed by atoms with Gasteiger partial charge in [-0.1, -0.05) is 12.1 Å². The van der Waals surface area contributed by atoms with Crippen LogP contribution in [0.15, 0.2) is 24.3 Å². The van der Waals surface area contributed by atoms with Gasteiger partial charge in [-0.3, -0.25) is 4.79 Å². The van der Waals surface area contributed by atoms with Gasteiger partial charge in [0.1, 0.15) is 5.82 Å². The monoisotopic (exact) mass is 300 g/mol. The molecule has 1 aliphatic rings. The van der Waals surface area contributed by atoms with Crippen molar-refractivity contribution in [2.75, 3.05) is 35.7 Å². The smallest absolute Gasteiger partial charge is 0.238 e. The van der Waals surface area contributed by atoms with Crippen molar-refractivity contribution in [2.45, 2.75) is 5.25 Å². The summed E-state index contributed by atoms with van der Waals surface area (Å²) >= 11 is 3.90. The molecule has 6 heteroatoms. The lowest BCUT2D eigenvalue weighted by molar-refractivity contribution is -0.115. The van der Waals surface area contributed by atoms with Crippen molar-refractivity contribution in [3.63, 3.8) is 0 Å². The number of anilines is 1. The largest absolute Gasteiger partial charge is 0.322 e. The van der Waals surface area contributed by atoms with Crippen LogP contribution in [0.4, 0.5) is 10.1 Å². The SMILES string of the molecule is O=C(CNCC1CSCCS1)Nc1ccccc1F. The van der Waals surface area contributed by atoms with Crippen molar-refractivity contribution >= 4 is 35.1 Å². The third-order valence-electron chi connectivity index (χ3n) is 2.69. The third-order valence-corrected chi connectivity index (χ3v) is 5.54. The van der Waals surface area contributed by atoms with Crippen LogP contribution in [0, 0.1) is 5.82 Å². The summed E-state index contributed by atoms with van der Waals surface area (Å²) in [5.74, 6) is 2.91. The van der Waals surface area contributed by atoms with Crippen LogP contribution in [0.3, 0.4) is 0 Å². The molecule has 1 amide bonds. The summed E-state index contributed by atoms with van der Waals surface area (Å²) in [6.45, 7) is 1.04. The van der Waals surface area contributed by atoms with Crippen LogP contribution in [0.1, 0.15) is 0 Å². The maximum Gasteiger partial charge on any atom is 0.238 e. The summed E-state index contributed by atoms with van der Waals surface area (Å²) in [6.07, 6.45) is 0. The Hall–Kier alpha value is -0.720. The van der Waals surface area contributed by atoms with Gasteiger partial charge in [0, 0.05) is 29.1 Å². The zero-order valence-corrected chi connectivity index (χ0v) is 12.2. The number of carbonyl (C=O) groups excluding carboxylic acids is 1. The molecule has 0 aliphatic carbocycles. The minimum absolute atomic E-state index is 0.210. The highest BCUT2D eigenvalue weighted by Crippen LogP contribution is 2.23. The molecule has 1 atom stereocenters. The maximum absolute atomic E-state index is 13.3. The number of hydrogen-bond acceptors (Lipinski definition) is 4. The first-order chi connectivity index (χ1) is 9.25. The molecule has 0 spiro atoms. The average molecular weight is 300 g/mol. The Kier molecular flexibility index (Phi) is 6.00. The second-order valence-corrected chi connectivity index (χ2v) is 6.78. The highest BCUT2D eigenvalue weighted by Gasteiger charge is 2.14. The van der Waals surface area contributed by atoms with Crippen molar-refractivity contribution < 1.29 is 9.18 Å². The van der Waals surface area contributed by atoms with Crippen molar-refractivity contribution in [3.8, 4) is 0 Å². The molecule has 1 saturated heterocycles. The Balaban J connectivity index is 1.68. The summed E-state index contributed by atoms with van der Waals surface area (Å²) in [6, 6.07) is 6.18. The number of halogens is 1. The van der Waals surface area contributed by atoms with Crippen molar-refractivity contribution in [1.29, 1.82) is 0 Å². The topological polar surface area (TPSA) is 41.1 Å².